The van der Waals surface area contributed by atoms with Crippen LogP contribution < -0.4 is 11.2 Å². The van der Waals surface area contributed by atoms with E-state index in [1.54, 1.807) is 34.9 Å². The van der Waals surface area contributed by atoms with Gasteiger partial charge in [0.1, 0.15) is 0 Å². The summed E-state index contributed by atoms with van der Waals surface area (Å²) in [6, 6.07) is 8.57. The number of hydrogen-bond donors (Lipinski definition) is 1. The summed E-state index contributed by atoms with van der Waals surface area (Å²) < 4.78 is 3.86. The number of fused-ring (bicyclic) bond motifs is 1. The molecule has 3 aromatic rings. The summed E-state index contributed by atoms with van der Waals surface area (Å²) in [5.41, 5.74) is 0.888. The van der Waals surface area contributed by atoms with E-state index in [4.69, 9.17) is 0 Å². The van der Waals surface area contributed by atoms with Gasteiger partial charge in [0.15, 0.2) is 22.1 Å². The summed E-state index contributed by atoms with van der Waals surface area (Å²) in [5, 5.41) is 0.335. The highest BCUT2D eigenvalue weighted by Crippen LogP contribution is 2.15. The van der Waals surface area contributed by atoms with Crippen molar-refractivity contribution in [2.45, 2.75) is 32.1 Å². The third-order valence-corrected chi connectivity index (χ3v) is 4.63. The maximum absolute atomic E-state index is 13.0. The van der Waals surface area contributed by atoms with E-state index >= 15 is 0 Å². The Hall–Kier alpha value is -2.87. The number of carbonyl (C=O) groups excluding carboxylic acids is 1. The molecule has 0 aliphatic carbocycles. The Bertz CT molecular complexity index is 1170. The molecule has 0 fully saturated rings. The van der Waals surface area contributed by atoms with Crippen LogP contribution in [-0.2, 0) is 20.1 Å². The lowest BCUT2D eigenvalue weighted by Crippen LogP contribution is -2.41. The average molecular weight is 384 g/mol. The molecule has 0 aliphatic heterocycles. The molecule has 0 saturated heterocycles. The Morgan fingerprint density at radius 1 is 1.15 bits per heavy atom. The predicted octanol–water partition coefficient (Wildman–Crippen LogP) is 2.03. The summed E-state index contributed by atoms with van der Waals surface area (Å²) in [6.45, 7) is 3.96. The third-order valence-electron chi connectivity index (χ3n) is 4.29. The standard InChI is InChI=1S/C19H20N4O3S/c1-12(2)9-10-22-15-16(20-18(22)27)21(3)19(26)23(17(15)25)11-14(24)13-7-5-4-6-8-13/h4-9H,10-11H2,1-3H3,(H,20,27). The van der Waals surface area contributed by atoms with Gasteiger partial charge in [0.2, 0.25) is 0 Å². The van der Waals surface area contributed by atoms with E-state index in [2.05, 4.69) is 17.6 Å². The van der Waals surface area contributed by atoms with Crippen molar-refractivity contribution in [3.05, 3.63) is 68.4 Å². The van der Waals surface area contributed by atoms with Crippen LogP contribution in [0.3, 0.4) is 0 Å². The van der Waals surface area contributed by atoms with Gasteiger partial charge in [0, 0.05) is 19.2 Å². The van der Waals surface area contributed by atoms with Crippen molar-refractivity contribution in [3.8, 4) is 0 Å². The van der Waals surface area contributed by atoms with Crippen molar-refractivity contribution in [2.75, 3.05) is 0 Å². The molecule has 0 unspecified atom stereocenters. The van der Waals surface area contributed by atoms with Gasteiger partial charge in [-0.3, -0.25) is 18.7 Å². The molecule has 0 aliphatic rings. The quantitative estimate of drug-likeness (QED) is 0.415. The van der Waals surface area contributed by atoms with Crippen molar-refractivity contribution in [2.24, 2.45) is 7.05 Å². The Balaban J connectivity index is 2.18. The van der Waals surface area contributed by atoms with Gasteiger partial charge in [-0.1, -0.05) is 42.0 Å². The second-order valence-corrected chi connectivity index (χ2v) is 6.90. The number of imidazole rings is 1. The van der Waals surface area contributed by atoms with E-state index in [0.29, 0.717) is 17.3 Å². The minimum Gasteiger partial charge on any atom is -0.309 e. The molecular weight excluding hydrogens is 364 g/mol. The number of Topliss-reactive ketones (excluding diaryl/α,β-unsaturated/α-hetero) is 1. The van der Waals surface area contributed by atoms with E-state index in [1.165, 1.54) is 11.6 Å². The van der Waals surface area contributed by atoms with Crippen LogP contribution in [0.15, 0.2) is 56.7 Å². The van der Waals surface area contributed by atoms with Crippen LogP contribution in [0.5, 0.6) is 0 Å². The third kappa shape index (κ3) is 3.52. The van der Waals surface area contributed by atoms with E-state index < -0.39 is 11.2 Å². The highest BCUT2D eigenvalue weighted by molar-refractivity contribution is 7.80. The lowest BCUT2D eigenvalue weighted by atomic mass is 10.1. The normalized spacial score (nSPS) is 11.0. The fourth-order valence-electron chi connectivity index (χ4n) is 2.81. The van der Waals surface area contributed by atoms with Crippen LogP contribution in [0.25, 0.3) is 11.2 Å². The number of aryl methyl sites for hydroxylation is 1. The minimum atomic E-state index is -0.586. The number of hydrogen-bond acceptors (Lipinski definition) is 5. The van der Waals surface area contributed by atoms with Gasteiger partial charge in [-0.05, 0) is 13.8 Å². The van der Waals surface area contributed by atoms with Gasteiger partial charge < -0.3 is 4.57 Å². The van der Waals surface area contributed by atoms with Crippen LogP contribution in [0.2, 0.25) is 0 Å². The maximum Gasteiger partial charge on any atom is 0.332 e. The van der Waals surface area contributed by atoms with E-state index in [-0.39, 0.29) is 23.5 Å². The first kappa shape index (κ1) is 18.9. The minimum absolute atomic E-state index is 0.250. The molecule has 0 N–H and O–H groups in total. The van der Waals surface area contributed by atoms with Crippen molar-refractivity contribution < 1.29 is 4.79 Å². The summed E-state index contributed by atoms with van der Waals surface area (Å²) >= 11 is 4.34. The van der Waals surface area contributed by atoms with E-state index in [0.717, 1.165) is 10.1 Å². The number of rotatable bonds is 5. The molecule has 8 heteroatoms. The number of allylic oxidation sites excluding steroid dienone is 2. The van der Waals surface area contributed by atoms with Crippen molar-refractivity contribution in [1.82, 2.24) is 18.7 Å². The molecule has 0 radical (unpaired) electrons. The van der Waals surface area contributed by atoms with Gasteiger partial charge in [-0.15, -0.1) is 12.6 Å². The van der Waals surface area contributed by atoms with Crippen molar-refractivity contribution in [1.29, 1.82) is 0 Å². The Labute approximate surface area is 161 Å². The second-order valence-electron chi connectivity index (χ2n) is 6.50. The number of ketones is 1. The first-order valence-corrected chi connectivity index (χ1v) is 8.86. The zero-order valence-electron chi connectivity index (χ0n) is 15.3. The van der Waals surface area contributed by atoms with E-state index in [9.17, 15) is 14.4 Å². The summed E-state index contributed by atoms with van der Waals surface area (Å²) in [4.78, 5) is 42.4. The molecule has 0 bridgehead atoms. The maximum atomic E-state index is 13.0. The highest BCUT2D eigenvalue weighted by Gasteiger charge is 2.20. The van der Waals surface area contributed by atoms with E-state index in [1.807, 2.05) is 19.9 Å². The second kappa shape index (κ2) is 7.40. The molecule has 0 spiro atoms. The largest absolute Gasteiger partial charge is 0.332 e. The first-order valence-electron chi connectivity index (χ1n) is 8.42. The van der Waals surface area contributed by atoms with Gasteiger partial charge in [0.05, 0.1) is 6.54 Å². The Kier molecular flexibility index (Phi) is 5.18. The fraction of sp³-hybridized carbons (Fsp3) is 0.263. The monoisotopic (exact) mass is 384 g/mol. The summed E-state index contributed by atoms with van der Waals surface area (Å²) in [5.74, 6) is -0.310. The summed E-state index contributed by atoms with van der Waals surface area (Å²) in [6.07, 6.45) is 1.94. The lowest BCUT2D eigenvalue weighted by Gasteiger charge is -2.09. The molecule has 2 aromatic heterocycles. The molecule has 7 nitrogen and oxygen atoms in total. The Morgan fingerprint density at radius 2 is 1.81 bits per heavy atom. The van der Waals surface area contributed by atoms with Crippen LogP contribution in [0.4, 0.5) is 0 Å². The number of carbonyl (C=O) groups is 1. The number of thiol groups is 1. The van der Waals surface area contributed by atoms with Gasteiger partial charge in [0.25, 0.3) is 5.56 Å². The SMILES string of the molecule is CC(C)=CCn1c(S)nc2c1c(=O)n(CC(=O)c1ccccc1)c(=O)n2C. The van der Waals surface area contributed by atoms with Crippen molar-refractivity contribution >= 4 is 29.6 Å². The Morgan fingerprint density at radius 3 is 2.44 bits per heavy atom. The first-order chi connectivity index (χ1) is 12.8. The molecule has 1 aromatic carbocycles. The van der Waals surface area contributed by atoms with Crippen LogP contribution in [0.1, 0.15) is 24.2 Å². The van der Waals surface area contributed by atoms with Crippen molar-refractivity contribution in [3.63, 3.8) is 0 Å². The van der Waals surface area contributed by atoms with Gasteiger partial charge in [-0.2, -0.15) is 0 Å². The van der Waals surface area contributed by atoms with Crippen LogP contribution >= 0.6 is 12.6 Å². The molecule has 27 heavy (non-hydrogen) atoms. The van der Waals surface area contributed by atoms with Crippen LogP contribution in [0, 0.1) is 0 Å². The van der Waals surface area contributed by atoms with Crippen LogP contribution in [-0.4, -0.2) is 24.5 Å². The zero-order valence-corrected chi connectivity index (χ0v) is 16.2. The predicted molar refractivity (Wildman–Crippen MR) is 107 cm³/mol. The molecule has 3 rings (SSSR count). The fourth-order valence-corrected chi connectivity index (χ4v) is 3.08. The smallest absolute Gasteiger partial charge is 0.309 e. The number of benzene rings is 1. The number of aromatic nitrogens is 4. The molecule has 0 atom stereocenters. The highest BCUT2D eigenvalue weighted by atomic mass is 32.1. The van der Waals surface area contributed by atoms with Gasteiger partial charge in [-0.25, -0.2) is 9.78 Å². The molecule has 0 saturated carbocycles. The molecule has 140 valence electrons. The number of nitrogens with zero attached hydrogens (tertiary/aromatic N) is 4. The van der Waals surface area contributed by atoms with Gasteiger partial charge >= 0.3 is 5.69 Å². The molecule has 0 amide bonds. The molecular formula is C19H20N4O3S. The summed E-state index contributed by atoms with van der Waals surface area (Å²) in [7, 11) is 1.53. The average Bonchev–Trinajstić information content (AvgIpc) is 2.98. The lowest BCUT2D eigenvalue weighted by molar-refractivity contribution is 0.0969. The molecule has 2 heterocycles. The topological polar surface area (TPSA) is 78.9 Å². The zero-order chi connectivity index (χ0) is 19.7.